The Hall–Kier alpha value is -1.27. The summed E-state index contributed by atoms with van der Waals surface area (Å²) in [7, 11) is 1.29. The predicted octanol–water partition coefficient (Wildman–Crippen LogP) is 2.14. The minimum atomic E-state index is -0.769. The zero-order valence-corrected chi connectivity index (χ0v) is 18.0. The zero-order chi connectivity index (χ0) is 19.6. The van der Waals surface area contributed by atoms with Gasteiger partial charge in [-0.25, -0.2) is 0 Å². The fourth-order valence-corrected chi connectivity index (χ4v) is 3.04. The SMILES string of the molecule is COC(=O)C(CC[Se]C)NC(=O)C(CC(C)C)NC(=O)OC(C)(C)C. The number of carbonyl (C=O) groups is 3. The molecule has 0 saturated heterocycles. The number of ether oxygens (including phenoxy) is 2. The van der Waals surface area contributed by atoms with Crippen LogP contribution in [-0.4, -0.2) is 57.7 Å². The summed E-state index contributed by atoms with van der Waals surface area (Å²) in [6.07, 6.45) is 0.312. The Morgan fingerprint density at radius 1 is 1.08 bits per heavy atom. The Morgan fingerprint density at radius 2 is 1.68 bits per heavy atom. The van der Waals surface area contributed by atoms with E-state index in [1.165, 1.54) is 7.11 Å². The number of hydrogen-bond donors (Lipinski definition) is 2. The molecule has 0 aliphatic carbocycles. The molecule has 0 aliphatic rings. The van der Waals surface area contributed by atoms with Gasteiger partial charge in [-0.3, -0.25) is 0 Å². The van der Waals surface area contributed by atoms with Crippen LogP contribution in [0.15, 0.2) is 0 Å². The predicted molar refractivity (Wildman–Crippen MR) is 97.6 cm³/mol. The fraction of sp³-hybridized carbons (Fsp3) is 0.824. The molecular weight excluding hydrogens is 391 g/mol. The standard InChI is InChI=1S/C17H32N2O5Se/c1-11(2)10-13(19-16(22)24-17(3,4)5)14(20)18-12(8-9-25-7)15(21)23-6/h11-13H,8-10H2,1-7H3,(H,18,20)(H,19,22). The fourth-order valence-electron chi connectivity index (χ4n) is 2.05. The molecule has 0 spiro atoms. The molecule has 2 amide bonds. The molecule has 0 aromatic heterocycles. The first kappa shape index (κ1) is 23.7. The Labute approximate surface area is 157 Å². The van der Waals surface area contributed by atoms with Crippen LogP contribution in [0.5, 0.6) is 0 Å². The van der Waals surface area contributed by atoms with Crippen LogP contribution in [0.1, 0.15) is 47.5 Å². The summed E-state index contributed by atoms with van der Waals surface area (Å²) in [5.41, 5.74) is -0.652. The molecule has 0 bridgehead atoms. The van der Waals surface area contributed by atoms with Gasteiger partial charge in [-0.2, -0.15) is 0 Å². The molecular formula is C17H32N2O5Se. The van der Waals surface area contributed by atoms with E-state index in [0.717, 1.165) is 5.32 Å². The van der Waals surface area contributed by atoms with Crippen molar-refractivity contribution in [3.8, 4) is 0 Å². The molecule has 0 heterocycles. The molecule has 25 heavy (non-hydrogen) atoms. The van der Waals surface area contributed by atoms with Crippen LogP contribution in [0.4, 0.5) is 4.79 Å². The summed E-state index contributed by atoms with van der Waals surface area (Å²) in [4.78, 5) is 36.5. The summed E-state index contributed by atoms with van der Waals surface area (Å²) < 4.78 is 9.98. The van der Waals surface area contributed by atoms with Crippen molar-refractivity contribution >= 4 is 32.9 Å². The molecule has 0 aliphatic heterocycles. The van der Waals surface area contributed by atoms with Crippen molar-refractivity contribution < 1.29 is 23.9 Å². The molecule has 0 aromatic carbocycles. The van der Waals surface area contributed by atoms with Gasteiger partial charge in [-0.05, 0) is 0 Å². The van der Waals surface area contributed by atoms with E-state index in [1.54, 1.807) is 20.8 Å². The summed E-state index contributed by atoms with van der Waals surface area (Å²) in [6, 6.07) is -1.47. The van der Waals surface area contributed by atoms with E-state index in [4.69, 9.17) is 9.47 Å². The quantitative estimate of drug-likeness (QED) is 0.438. The molecule has 0 rings (SSSR count). The van der Waals surface area contributed by atoms with Gasteiger partial charge in [-0.1, -0.05) is 0 Å². The number of methoxy groups -OCH3 is 1. The van der Waals surface area contributed by atoms with Crippen LogP contribution in [-0.2, 0) is 19.1 Å². The van der Waals surface area contributed by atoms with Crippen LogP contribution < -0.4 is 10.6 Å². The third-order valence-corrected chi connectivity index (χ3v) is 4.48. The maximum absolute atomic E-state index is 12.6. The van der Waals surface area contributed by atoms with E-state index < -0.39 is 35.7 Å². The second kappa shape index (κ2) is 11.4. The first-order valence-corrected chi connectivity index (χ1v) is 11.3. The Balaban J connectivity index is 5.01. The van der Waals surface area contributed by atoms with Gasteiger partial charge in [0.15, 0.2) is 0 Å². The Bertz CT molecular complexity index is 449. The van der Waals surface area contributed by atoms with Crippen molar-refractivity contribution in [1.29, 1.82) is 0 Å². The molecule has 2 atom stereocenters. The molecule has 0 fully saturated rings. The molecule has 0 radical (unpaired) electrons. The van der Waals surface area contributed by atoms with Gasteiger partial charge in [0.2, 0.25) is 0 Å². The molecule has 0 saturated carbocycles. The minimum absolute atomic E-state index is 0.182. The van der Waals surface area contributed by atoms with Crippen molar-refractivity contribution in [2.75, 3.05) is 7.11 Å². The van der Waals surface area contributed by atoms with E-state index in [-0.39, 0.29) is 5.92 Å². The molecule has 146 valence electrons. The van der Waals surface area contributed by atoms with Gasteiger partial charge in [0.05, 0.1) is 0 Å². The van der Waals surface area contributed by atoms with Crippen LogP contribution in [0.2, 0.25) is 11.1 Å². The van der Waals surface area contributed by atoms with E-state index in [9.17, 15) is 14.4 Å². The first-order chi connectivity index (χ1) is 11.5. The van der Waals surface area contributed by atoms with Crippen molar-refractivity contribution in [3.63, 3.8) is 0 Å². The van der Waals surface area contributed by atoms with Crippen LogP contribution in [0.25, 0.3) is 0 Å². The number of hydrogen-bond acceptors (Lipinski definition) is 5. The monoisotopic (exact) mass is 424 g/mol. The van der Waals surface area contributed by atoms with E-state index in [1.807, 2.05) is 13.8 Å². The van der Waals surface area contributed by atoms with E-state index in [0.29, 0.717) is 27.8 Å². The average molecular weight is 423 g/mol. The Morgan fingerprint density at radius 3 is 2.12 bits per heavy atom. The normalized spacial score (nSPS) is 13.8. The zero-order valence-electron chi connectivity index (χ0n) is 16.3. The third kappa shape index (κ3) is 11.1. The Kier molecular flexibility index (Phi) is 10.8. The van der Waals surface area contributed by atoms with Crippen LogP contribution in [0, 0.1) is 5.92 Å². The van der Waals surface area contributed by atoms with E-state index >= 15 is 0 Å². The van der Waals surface area contributed by atoms with Crippen molar-refractivity contribution in [3.05, 3.63) is 0 Å². The number of amides is 2. The average Bonchev–Trinajstić information content (AvgIpc) is 2.47. The number of esters is 1. The van der Waals surface area contributed by atoms with Gasteiger partial charge < -0.3 is 0 Å². The van der Waals surface area contributed by atoms with Gasteiger partial charge in [-0.15, -0.1) is 0 Å². The van der Waals surface area contributed by atoms with E-state index in [2.05, 4.69) is 16.5 Å². The molecule has 2 unspecified atom stereocenters. The molecule has 7 nitrogen and oxygen atoms in total. The third-order valence-electron chi connectivity index (χ3n) is 3.13. The number of alkyl carbamates (subject to hydrolysis) is 1. The molecule has 8 heteroatoms. The maximum atomic E-state index is 12.6. The van der Waals surface area contributed by atoms with Crippen LogP contribution in [0.3, 0.4) is 0 Å². The second-order valence-corrected chi connectivity index (χ2v) is 9.26. The topological polar surface area (TPSA) is 93.7 Å². The summed E-state index contributed by atoms with van der Waals surface area (Å²) >= 11 is 0.392. The van der Waals surface area contributed by atoms with Crippen LogP contribution >= 0.6 is 0 Å². The van der Waals surface area contributed by atoms with Gasteiger partial charge >= 0.3 is 157 Å². The summed E-state index contributed by atoms with van der Waals surface area (Å²) in [6.45, 7) is 9.17. The van der Waals surface area contributed by atoms with Gasteiger partial charge in [0, 0.05) is 0 Å². The van der Waals surface area contributed by atoms with Gasteiger partial charge in [0.1, 0.15) is 0 Å². The number of carbonyl (C=O) groups excluding carboxylic acids is 3. The second-order valence-electron chi connectivity index (χ2n) is 7.19. The number of nitrogens with one attached hydrogen (secondary N) is 2. The first-order valence-electron chi connectivity index (χ1n) is 8.36. The molecule has 2 N–H and O–H groups in total. The van der Waals surface area contributed by atoms with Gasteiger partial charge in [0.25, 0.3) is 0 Å². The summed E-state index contributed by atoms with van der Waals surface area (Å²) in [5, 5.41) is 6.15. The number of rotatable bonds is 9. The van der Waals surface area contributed by atoms with Crippen molar-refractivity contribution in [1.82, 2.24) is 10.6 Å². The summed E-state index contributed by atoms with van der Waals surface area (Å²) in [5.74, 6) is 1.37. The van der Waals surface area contributed by atoms with Crippen molar-refractivity contribution in [2.45, 2.75) is 76.3 Å². The van der Waals surface area contributed by atoms with Crippen molar-refractivity contribution in [2.24, 2.45) is 5.92 Å². The molecule has 0 aromatic rings.